The minimum Gasteiger partial charge on any atom is -0.441 e. The fraction of sp³-hybridized carbons (Fsp3) is 0.632. The first-order valence-corrected chi connectivity index (χ1v) is 11.2. The van der Waals surface area contributed by atoms with Gasteiger partial charge < -0.3 is 14.2 Å². The molecule has 3 rings (SSSR count). The quantitative estimate of drug-likeness (QED) is 0.712. The van der Waals surface area contributed by atoms with Gasteiger partial charge in [0.1, 0.15) is 12.2 Å². The summed E-state index contributed by atoms with van der Waals surface area (Å²) in [5.74, 6) is 0.467. The van der Waals surface area contributed by atoms with Gasteiger partial charge in [-0.3, -0.25) is 5.32 Å². The standard InChI is InChI=1S/C19H28N2O6S/c1-4-9-28(23,24)21-15-10-25-18-16(11-26-17(15)18)27-19(22)20-14-7-5-13(6-8-14)12(2)3/h5-8,12,15-18,21H,4,9-11H2,1-3H3,(H,20,22)/t15-,16-,17-,18+/m1/s1. The van der Waals surface area contributed by atoms with E-state index in [1.165, 1.54) is 5.56 Å². The van der Waals surface area contributed by atoms with Crippen LogP contribution < -0.4 is 10.0 Å². The molecule has 0 unspecified atom stereocenters. The van der Waals surface area contributed by atoms with E-state index in [1.807, 2.05) is 24.3 Å². The Hall–Kier alpha value is -1.68. The Balaban J connectivity index is 1.53. The SMILES string of the molecule is CCCS(=O)(=O)N[C@@H]1CO[C@@H]2[C@@H]1OC[C@H]2OC(=O)Nc1ccc(C(C)C)cc1. The number of anilines is 1. The molecule has 0 spiro atoms. The topological polar surface area (TPSA) is 103 Å². The second-order valence-electron chi connectivity index (χ2n) is 7.48. The van der Waals surface area contributed by atoms with Crippen LogP contribution in [0.15, 0.2) is 24.3 Å². The molecule has 2 aliphatic heterocycles. The van der Waals surface area contributed by atoms with Crippen LogP contribution in [-0.4, -0.2) is 57.8 Å². The molecule has 1 aromatic carbocycles. The molecule has 9 heteroatoms. The van der Waals surface area contributed by atoms with Crippen LogP contribution in [0.5, 0.6) is 0 Å². The lowest BCUT2D eigenvalue weighted by molar-refractivity contribution is 0.00883. The third kappa shape index (κ3) is 5.02. The molecule has 0 aliphatic carbocycles. The minimum atomic E-state index is -3.37. The van der Waals surface area contributed by atoms with Crippen molar-refractivity contribution >= 4 is 21.8 Å². The van der Waals surface area contributed by atoms with Crippen LogP contribution in [0.3, 0.4) is 0 Å². The van der Waals surface area contributed by atoms with Gasteiger partial charge in [-0.15, -0.1) is 0 Å². The summed E-state index contributed by atoms with van der Waals surface area (Å²) in [5, 5.41) is 2.70. The van der Waals surface area contributed by atoms with Crippen LogP contribution in [0.4, 0.5) is 10.5 Å². The molecule has 2 heterocycles. The normalized spacial score (nSPS) is 27.0. The van der Waals surface area contributed by atoms with E-state index in [-0.39, 0.29) is 19.0 Å². The number of carbonyl (C=O) groups is 1. The Kier molecular flexibility index (Phi) is 6.59. The molecular weight excluding hydrogens is 384 g/mol. The largest absolute Gasteiger partial charge is 0.441 e. The van der Waals surface area contributed by atoms with Gasteiger partial charge in [0.15, 0.2) is 6.10 Å². The molecule has 1 amide bonds. The van der Waals surface area contributed by atoms with Crippen molar-refractivity contribution in [2.24, 2.45) is 0 Å². The first-order chi connectivity index (χ1) is 13.3. The molecule has 4 atom stereocenters. The molecule has 2 aliphatic rings. The van der Waals surface area contributed by atoms with Crippen molar-refractivity contribution in [3.05, 3.63) is 29.8 Å². The Morgan fingerprint density at radius 2 is 1.86 bits per heavy atom. The number of hydrogen-bond acceptors (Lipinski definition) is 6. The molecule has 0 saturated carbocycles. The highest BCUT2D eigenvalue weighted by Gasteiger charge is 2.50. The predicted octanol–water partition coefficient (Wildman–Crippen LogP) is 2.22. The van der Waals surface area contributed by atoms with Crippen molar-refractivity contribution in [1.29, 1.82) is 0 Å². The number of benzene rings is 1. The van der Waals surface area contributed by atoms with Gasteiger partial charge in [-0.2, -0.15) is 0 Å². The molecule has 8 nitrogen and oxygen atoms in total. The van der Waals surface area contributed by atoms with E-state index in [4.69, 9.17) is 14.2 Å². The molecule has 0 bridgehead atoms. The van der Waals surface area contributed by atoms with Crippen LogP contribution >= 0.6 is 0 Å². The van der Waals surface area contributed by atoms with E-state index in [9.17, 15) is 13.2 Å². The molecule has 0 aromatic heterocycles. The van der Waals surface area contributed by atoms with Gasteiger partial charge >= 0.3 is 6.09 Å². The highest BCUT2D eigenvalue weighted by molar-refractivity contribution is 7.89. The lowest BCUT2D eigenvalue weighted by Crippen LogP contribution is -2.45. The molecule has 2 saturated heterocycles. The van der Waals surface area contributed by atoms with E-state index in [0.29, 0.717) is 18.0 Å². The van der Waals surface area contributed by atoms with Crippen molar-refractivity contribution in [2.75, 3.05) is 24.3 Å². The fourth-order valence-corrected chi connectivity index (χ4v) is 4.78. The Bertz CT molecular complexity index is 780. The third-order valence-electron chi connectivity index (χ3n) is 4.89. The maximum Gasteiger partial charge on any atom is 0.412 e. The molecule has 2 N–H and O–H groups in total. The second-order valence-corrected chi connectivity index (χ2v) is 9.36. The predicted molar refractivity (Wildman–Crippen MR) is 105 cm³/mol. The summed E-state index contributed by atoms with van der Waals surface area (Å²) in [6.07, 6.45) is -1.59. The third-order valence-corrected chi connectivity index (χ3v) is 6.50. The van der Waals surface area contributed by atoms with Crippen molar-refractivity contribution in [3.8, 4) is 0 Å². The van der Waals surface area contributed by atoms with Gasteiger partial charge in [0.05, 0.1) is 25.0 Å². The summed E-state index contributed by atoms with van der Waals surface area (Å²) in [6, 6.07) is 7.11. The van der Waals surface area contributed by atoms with Crippen molar-refractivity contribution in [3.63, 3.8) is 0 Å². The zero-order chi connectivity index (χ0) is 20.3. The molecule has 28 heavy (non-hydrogen) atoms. The van der Waals surface area contributed by atoms with Crippen LogP contribution in [0.1, 0.15) is 38.7 Å². The van der Waals surface area contributed by atoms with Gasteiger partial charge in [-0.05, 0) is 30.0 Å². The highest BCUT2D eigenvalue weighted by atomic mass is 32.2. The first-order valence-electron chi connectivity index (χ1n) is 9.60. The maximum absolute atomic E-state index is 12.2. The summed E-state index contributed by atoms with van der Waals surface area (Å²) in [5.41, 5.74) is 1.82. The summed E-state index contributed by atoms with van der Waals surface area (Å²) in [6.45, 7) is 6.37. The maximum atomic E-state index is 12.2. The number of ether oxygens (including phenoxy) is 3. The number of sulfonamides is 1. The molecule has 0 radical (unpaired) electrons. The lowest BCUT2D eigenvalue weighted by Gasteiger charge is -2.18. The average molecular weight is 413 g/mol. The average Bonchev–Trinajstić information content (AvgIpc) is 3.19. The smallest absolute Gasteiger partial charge is 0.412 e. The van der Waals surface area contributed by atoms with Crippen LogP contribution in [0, 0.1) is 0 Å². The van der Waals surface area contributed by atoms with Crippen molar-refractivity contribution in [2.45, 2.75) is 57.5 Å². The number of fused-ring (bicyclic) bond motifs is 1. The van der Waals surface area contributed by atoms with Crippen LogP contribution in [-0.2, 0) is 24.2 Å². The minimum absolute atomic E-state index is 0.0544. The van der Waals surface area contributed by atoms with Gasteiger partial charge in [-0.25, -0.2) is 17.9 Å². The van der Waals surface area contributed by atoms with Gasteiger partial charge in [-0.1, -0.05) is 32.9 Å². The Morgan fingerprint density at radius 3 is 2.50 bits per heavy atom. The summed E-state index contributed by atoms with van der Waals surface area (Å²) >= 11 is 0. The molecule has 156 valence electrons. The monoisotopic (exact) mass is 412 g/mol. The molecule has 2 fully saturated rings. The second kappa shape index (κ2) is 8.77. The summed E-state index contributed by atoms with van der Waals surface area (Å²) in [7, 11) is -3.37. The van der Waals surface area contributed by atoms with Gasteiger partial charge in [0.25, 0.3) is 0 Å². The zero-order valence-electron chi connectivity index (χ0n) is 16.4. The van der Waals surface area contributed by atoms with Crippen LogP contribution in [0.25, 0.3) is 0 Å². The fourth-order valence-electron chi connectivity index (χ4n) is 3.46. The number of nitrogens with one attached hydrogen (secondary N) is 2. The van der Waals surface area contributed by atoms with Gasteiger partial charge in [0.2, 0.25) is 10.0 Å². The number of carbonyl (C=O) groups excluding carboxylic acids is 1. The van der Waals surface area contributed by atoms with E-state index in [0.717, 1.165) is 0 Å². The summed E-state index contributed by atoms with van der Waals surface area (Å²) in [4.78, 5) is 12.2. The Morgan fingerprint density at radius 1 is 1.18 bits per heavy atom. The number of rotatable bonds is 7. The van der Waals surface area contributed by atoms with E-state index in [1.54, 1.807) is 6.92 Å². The van der Waals surface area contributed by atoms with Gasteiger partial charge in [0, 0.05) is 5.69 Å². The van der Waals surface area contributed by atoms with Crippen molar-refractivity contribution < 1.29 is 27.4 Å². The van der Waals surface area contributed by atoms with Crippen LogP contribution in [0.2, 0.25) is 0 Å². The van der Waals surface area contributed by atoms with E-state index < -0.39 is 40.5 Å². The molecule has 1 aromatic rings. The first kappa shape index (κ1) is 21.0. The number of amides is 1. The van der Waals surface area contributed by atoms with E-state index >= 15 is 0 Å². The zero-order valence-corrected chi connectivity index (χ0v) is 17.2. The highest BCUT2D eigenvalue weighted by Crippen LogP contribution is 2.29. The lowest BCUT2D eigenvalue weighted by atomic mass is 10.0. The number of hydrogen-bond donors (Lipinski definition) is 2. The van der Waals surface area contributed by atoms with E-state index in [2.05, 4.69) is 23.9 Å². The molecular formula is C19H28N2O6S. The Labute approximate surface area is 166 Å². The van der Waals surface area contributed by atoms with Crippen molar-refractivity contribution in [1.82, 2.24) is 4.72 Å². The summed E-state index contributed by atoms with van der Waals surface area (Å²) < 4.78 is 43.4.